The van der Waals surface area contributed by atoms with E-state index < -0.39 is 5.60 Å². The lowest BCUT2D eigenvalue weighted by Gasteiger charge is -2.24. The van der Waals surface area contributed by atoms with Crippen LogP contribution in [0.5, 0.6) is 0 Å². The van der Waals surface area contributed by atoms with Gasteiger partial charge in [0.1, 0.15) is 0 Å². The van der Waals surface area contributed by atoms with Gasteiger partial charge in [0.15, 0.2) is 0 Å². The van der Waals surface area contributed by atoms with E-state index in [1.165, 1.54) is 24.0 Å². The molecule has 0 amide bonds. The topological polar surface area (TPSA) is 44.0 Å². The molecular formula is C24H28BrNOS. The molecule has 2 nitrogen and oxygen atoms in total. The van der Waals surface area contributed by atoms with E-state index in [2.05, 4.69) is 58.4 Å². The van der Waals surface area contributed by atoms with Gasteiger partial charge in [0.05, 0.1) is 11.7 Å². The van der Waals surface area contributed by atoms with Gasteiger partial charge in [0.25, 0.3) is 0 Å². The van der Waals surface area contributed by atoms with E-state index in [0.29, 0.717) is 11.7 Å². The van der Waals surface area contributed by atoms with Gasteiger partial charge < -0.3 is 5.11 Å². The molecule has 1 N–H and O–H groups in total. The van der Waals surface area contributed by atoms with E-state index in [1.54, 1.807) is 0 Å². The van der Waals surface area contributed by atoms with Crippen molar-refractivity contribution in [3.8, 4) is 6.07 Å². The van der Waals surface area contributed by atoms with Crippen LogP contribution in [-0.2, 0) is 12.0 Å². The number of benzene rings is 2. The lowest BCUT2D eigenvalue weighted by atomic mass is 9.90. The third-order valence-electron chi connectivity index (χ3n) is 5.57. The molecule has 2 aromatic rings. The van der Waals surface area contributed by atoms with Crippen molar-refractivity contribution in [1.82, 2.24) is 0 Å². The highest BCUT2D eigenvalue weighted by molar-refractivity contribution is 9.10. The molecule has 2 aromatic carbocycles. The Bertz CT molecular complexity index is 848. The van der Waals surface area contributed by atoms with Crippen molar-refractivity contribution in [3.05, 3.63) is 69.7 Å². The highest BCUT2D eigenvalue weighted by atomic mass is 79.9. The fourth-order valence-corrected chi connectivity index (χ4v) is 5.65. The maximum atomic E-state index is 10.5. The van der Waals surface area contributed by atoms with Crippen molar-refractivity contribution in [1.29, 1.82) is 5.26 Å². The first-order valence-electron chi connectivity index (χ1n) is 9.88. The van der Waals surface area contributed by atoms with E-state index in [-0.39, 0.29) is 5.41 Å². The maximum Gasteiger partial charge on any atom is 0.0843 e. The second-order valence-corrected chi connectivity index (χ2v) is 10.6. The monoisotopic (exact) mass is 457 g/mol. The van der Waals surface area contributed by atoms with Crippen molar-refractivity contribution in [2.75, 3.05) is 5.75 Å². The summed E-state index contributed by atoms with van der Waals surface area (Å²) in [4.78, 5) is 0. The minimum Gasteiger partial charge on any atom is -0.386 e. The lowest BCUT2D eigenvalue weighted by molar-refractivity contribution is 0.0776. The smallest absolute Gasteiger partial charge is 0.0843 e. The first kappa shape index (κ1) is 21.4. The molecule has 0 aromatic heterocycles. The molecule has 0 heterocycles. The lowest BCUT2D eigenvalue weighted by Crippen LogP contribution is -2.18. The van der Waals surface area contributed by atoms with Gasteiger partial charge in [0, 0.05) is 21.9 Å². The standard InChI is InChI=1S/C24H28BrNOS/c1-23(2,27)21-9-4-3-6-18(21)10-11-22(19-7-5-8-20(25)16-19)28-17-24(12-13-24)14-15-26/h3-9,16,22,27H,10-14,17H2,1-2H3/t22-/m1/s1. The summed E-state index contributed by atoms with van der Waals surface area (Å²) in [6.45, 7) is 3.70. The first-order chi connectivity index (χ1) is 13.3. The number of aryl methyl sites for hydroxylation is 1. The van der Waals surface area contributed by atoms with Crippen LogP contribution < -0.4 is 0 Å². The van der Waals surface area contributed by atoms with E-state index in [1.807, 2.05) is 37.7 Å². The summed E-state index contributed by atoms with van der Waals surface area (Å²) in [7, 11) is 0. The number of hydrogen-bond donors (Lipinski definition) is 1. The Labute approximate surface area is 181 Å². The predicted molar refractivity (Wildman–Crippen MR) is 121 cm³/mol. The Morgan fingerprint density at radius 3 is 2.61 bits per heavy atom. The average Bonchev–Trinajstić information content (AvgIpc) is 3.41. The van der Waals surface area contributed by atoms with Crippen molar-refractivity contribution in [3.63, 3.8) is 0 Å². The van der Waals surface area contributed by atoms with Crippen molar-refractivity contribution < 1.29 is 5.11 Å². The minimum absolute atomic E-state index is 0.245. The van der Waals surface area contributed by atoms with Crippen LogP contribution in [0.15, 0.2) is 53.0 Å². The molecule has 0 saturated heterocycles. The Hall–Kier alpha value is -1.28. The number of thioether (sulfide) groups is 1. The van der Waals surface area contributed by atoms with Gasteiger partial charge in [-0.15, -0.1) is 0 Å². The molecule has 0 aliphatic heterocycles. The SMILES string of the molecule is CC(C)(O)c1ccccc1CC[C@@H](SCC1(CC#N)CC1)c1cccc(Br)c1. The summed E-state index contributed by atoms with van der Waals surface area (Å²) in [5.74, 6) is 1.05. The van der Waals surface area contributed by atoms with Crippen LogP contribution >= 0.6 is 27.7 Å². The second kappa shape index (κ2) is 9.03. The molecule has 1 atom stereocenters. The van der Waals surface area contributed by atoms with Gasteiger partial charge in [0.2, 0.25) is 0 Å². The molecule has 0 unspecified atom stereocenters. The summed E-state index contributed by atoms with van der Waals surface area (Å²) < 4.78 is 1.10. The van der Waals surface area contributed by atoms with Crippen LogP contribution in [0.3, 0.4) is 0 Å². The number of nitriles is 1. The molecule has 28 heavy (non-hydrogen) atoms. The highest BCUT2D eigenvalue weighted by Crippen LogP contribution is 2.53. The zero-order valence-electron chi connectivity index (χ0n) is 16.6. The van der Waals surface area contributed by atoms with Crippen LogP contribution in [0, 0.1) is 16.7 Å². The van der Waals surface area contributed by atoms with Crippen LogP contribution in [0.2, 0.25) is 0 Å². The molecular weight excluding hydrogens is 430 g/mol. The zero-order chi connectivity index (χ0) is 20.2. The van der Waals surface area contributed by atoms with E-state index in [4.69, 9.17) is 5.26 Å². The van der Waals surface area contributed by atoms with E-state index >= 15 is 0 Å². The molecule has 1 fully saturated rings. The Morgan fingerprint density at radius 1 is 1.21 bits per heavy atom. The Kier molecular flexibility index (Phi) is 6.91. The van der Waals surface area contributed by atoms with Crippen molar-refractivity contribution in [2.45, 2.75) is 56.8 Å². The molecule has 4 heteroatoms. The van der Waals surface area contributed by atoms with Crippen molar-refractivity contribution >= 4 is 27.7 Å². The molecule has 3 rings (SSSR count). The van der Waals surface area contributed by atoms with Gasteiger partial charge in [-0.2, -0.15) is 17.0 Å². The van der Waals surface area contributed by atoms with Gasteiger partial charge in [-0.25, -0.2) is 0 Å². The van der Waals surface area contributed by atoms with Crippen LogP contribution in [-0.4, -0.2) is 10.9 Å². The molecule has 1 aliphatic rings. The summed E-state index contributed by atoms with van der Waals surface area (Å²) in [6, 6.07) is 19.2. The number of nitrogens with zero attached hydrogens (tertiary/aromatic N) is 1. The van der Waals surface area contributed by atoms with Crippen LogP contribution in [0.25, 0.3) is 0 Å². The molecule has 1 saturated carbocycles. The Morgan fingerprint density at radius 2 is 1.96 bits per heavy atom. The average molecular weight is 458 g/mol. The van der Waals surface area contributed by atoms with Crippen LogP contribution in [0.1, 0.15) is 61.5 Å². The fraction of sp³-hybridized carbons (Fsp3) is 0.458. The summed E-state index contributed by atoms with van der Waals surface area (Å²) in [6.07, 6.45) is 4.97. The molecule has 0 radical (unpaired) electrons. The van der Waals surface area contributed by atoms with Crippen LogP contribution in [0.4, 0.5) is 0 Å². The molecule has 148 valence electrons. The zero-order valence-corrected chi connectivity index (χ0v) is 19.0. The summed E-state index contributed by atoms with van der Waals surface area (Å²) in [5, 5.41) is 20.0. The Balaban J connectivity index is 1.76. The predicted octanol–water partition coefficient (Wildman–Crippen LogP) is 6.78. The van der Waals surface area contributed by atoms with Gasteiger partial charge in [-0.05, 0) is 73.8 Å². The minimum atomic E-state index is -0.833. The van der Waals surface area contributed by atoms with E-state index in [9.17, 15) is 5.11 Å². The quantitative estimate of drug-likeness (QED) is 0.451. The van der Waals surface area contributed by atoms with E-state index in [0.717, 1.165) is 28.6 Å². The largest absolute Gasteiger partial charge is 0.386 e. The fourth-order valence-electron chi connectivity index (χ4n) is 3.67. The second-order valence-electron chi connectivity index (χ2n) is 8.44. The maximum absolute atomic E-state index is 10.5. The third-order valence-corrected chi connectivity index (χ3v) is 7.76. The van der Waals surface area contributed by atoms with Gasteiger partial charge in [-0.1, -0.05) is 52.3 Å². The highest BCUT2D eigenvalue weighted by Gasteiger charge is 2.42. The number of aliphatic hydroxyl groups is 1. The third kappa shape index (κ3) is 5.63. The molecule has 1 aliphatic carbocycles. The van der Waals surface area contributed by atoms with Gasteiger partial charge in [-0.3, -0.25) is 0 Å². The normalized spacial score (nSPS) is 16.4. The summed E-state index contributed by atoms with van der Waals surface area (Å²) in [5.41, 5.74) is 2.96. The van der Waals surface area contributed by atoms with Crippen molar-refractivity contribution in [2.24, 2.45) is 5.41 Å². The number of halogens is 1. The number of rotatable bonds is 9. The number of hydrogen-bond acceptors (Lipinski definition) is 3. The molecule has 0 bridgehead atoms. The summed E-state index contributed by atoms with van der Waals surface area (Å²) >= 11 is 5.60. The first-order valence-corrected chi connectivity index (χ1v) is 11.7. The van der Waals surface area contributed by atoms with Gasteiger partial charge >= 0.3 is 0 Å². The molecule has 0 spiro atoms.